The summed E-state index contributed by atoms with van der Waals surface area (Å²) in [5.41, 5.74) is -1.08. The first-order valence-electron chi connectivity index (χ1n) is 5.61. The lowest BCUT2D eigenvalue weighted by Gasteiger charge is -2.26. The number of hydrogen-bond donors (Lipinski definition) is 2. The average Bonchev–Trinajstić information content (AvgIpc) is 2.14. The standard InChI is InChI=1S/C10H24N2O4S/c1-5-16-6-7-17(14,15)11-8-10(2,13)9-12(3)4/h11,13H,5-9H2,1-4H3. The number of nitrogens with one attached hydrogen (secondary N) is 1. The van der Waals surface area contributed by atoms with Crippen molar-refractivity contribution in [1.29, 1.82) is 0 Å². The molecule has 0 fully saturated rings. The predicted octanol–water partition coefficient (Wildman–Crippen LogP) is -0.745. The van der Waals surface area contributed by atoms with Crippen molar-refractivity contribution in [3.8, 4) is 0 Å². The number of hydrogen-bond acceptors (Lipinski definition) is 5. The molecule has 0 aliphatic carbocycles. The van der Waals surface area contributed by atoms with Crippen LogP contribution in [-0.2, 0) is 14.8 Å². The normalized spacial score (nSPS) is 16.1. The summed E-state index contributed by atoms with van der Waals surface area (Å²) in [4.78, 5) is 1.80. The van der Waals surface area contributed by atoms with E-state index in [-0.39, 0.29) is 18.9 Å². The van der Waals surface area contributed by atoms with Gasteiger partial charge in [-0.25, -0.2) is 13.1 Å². The molecule has 0 aromatic heterocycles. The van der Waals surface area contributed by atoms with E-state index in [1.165, 1.54) is 0 Å². The van der Waals surface area contributed by atoms with Crippen molar-refractivity contribution in [3.63, 3.8) is 0 Å². The van der Waals surface area contributed by atoms with Gasteiger partial charge in [0.05, 0.1) is 18.0 Å². The minimum Gasteiger partial charge on any atom is -0.387 e. The van der Waals surface area contributed by atoms with Crippen molar-refractivity contribution in [2.24, 2.45) is 0 Å². The molecule has 0 heterocycles. The maximum Gasteiger partial charge on any atom is 0.213 e. The number of ether oxygens (including phenoxy) is 1. The van der Waals surface area contributed by atoms with Gasteiger partial charge in [-0.3, -0.25) is 0 Å². The topological polar surface area (TPSA) is 78.9 Å². The Balaban J connectivity index is 4.08. The van der Waals surface area contributed by atoms with E-state index in [1.807, 2.05) is 21.0 Å². The highest BCUT2D eigenvalue weighted by Gasteiger charge is 2.23. The van der Waals surface area contributed by atoms with E-state index in [1.54, 1.807) is 11.8 Å². The quantitative estimate of drug-likeness (QED) is 0.538. The van der Waals surface area contributed by atoms with E-state index in [0.29, 0.717) is 13.2 Å². The number of aliphatic hydroxyl groups is 1. The summed E-state index contributed by atoms with van der Waals surface area (Å²) in [5.74, 6) is -0.0844. The average molecular weight is 268 g/mol. The number of sulfonamides is 1. The van der Waals surface area contributed by atoms with Crippen molar-refractivity contribution in [1.82, 2.24) is 9.62 Å². The molecule has 0 aliphatic rings. The van der Waals surface area contributed by atoms with Crippen molar-refractivity contribution in [2.75, 3.05) is 46.2 Å². The molecule has 0 rings (SSSR count). The van der Waals surface area contributed by atoms with Crippen molar-refractivity contribution < 1.29 is 18.3 Å². The molecule has 0 aliphatic heterocycles. The molecule has 0 aromatic carbocycles. The fraction of sp³-hybridized carbons (Fsp3) is 1.00. The van der Waals surface area contributed by atoms with Crippen LogP contribution in [0.15, 0.2) is 0 Å². The lowest BCUT2D eigenvalue weighted by molar-refractivity contribution is 0.0385. The fourth-order valence-corrected chi connectivity index (χ4v) is 2.40. The first kappa shape index (κ1) is 16.8. The third-order valence-corrected chi connectivity index (χ3v) is 3.32. The van der Waals surface area contributed by atoms with Gasteiger partial charge in [-0.05, 0) is 27.9 Å². The summed E-state index contributed by atoms with van der Waals surface area (Å²) in [6.07, 6.45) is 0. The monoisotopic (exact) mass is 268 g/mol. The smallest absolute Gasteiger partial charge is 0.213 e. The van der Waals surface area contributed by atoms with Crippen molar-refractivity contribution in [3.05, 3.63) is 0 Å². The lowest BCUT2D eigenvalue weighted by Crippen LogP contribution is -2.47. The van der Waals surface area contributed by atoms with E-state index < -0.39 is 15.6 Å². The highest BCUT2D eigenvalue weighted by Crippen LogP contribution is 2.03. The Morgan fingerprint density at radius 2 is 2.00 bits per heavy atom. The number of rotatable bonds is 9. The van der Waals surface area contributed by atoms with Crippen LogP contribution in [0.25, 0.3) is 0 Å². The Labute approximate surface area is 104 Å². The van der Waals surface area contributed by atoms with Gasteiger partial charge in [-0.15, -0.1) is 0 Å². The number of likely N-dealkylation sites (N-methyl/N-ethyl adjacent to an activating group) is 1. The minimum absolute atomic E-state index is 0.000359. The van der Waals surface area contributed by atoms with Gasteiger partial charge < -0.3 is 14.7 Å². The summed E-state index contributed by atoms with van der Waals surface area (Å²) < 4.78 is 30.4. The third-order valence-electron chi connectivity index (χ3n) is 2.03. The Morgan fingerprint density at radius 1 is 1.41 bits per heavy atom. The van der Waals surface area contributed by atoms with E-state index >= 15 is 0 Å². The van der Waals surface area contributed by atoms with Gasteiger partial charge in [0.15, 0.2) is 0 Å². The van der Waals surface area contributed by atoms with Crippen LogP contribution >= 0.6 is 0 Å². The zero-order chi connectivity index (χ0) is 13.5. The zero-order valence-electron chi connectivity index (χ0n) is 11.1. The van der Waals surface area contributed by atoms with Gasteiger partial charge in [-0.1, -0.05) is 0 Å². The molecule has 0 spiro atoms. The van der Waals surface area contributed by atoms with Crippen LogP contribution in [0.3, 0.4) is 0 Å². The Morgan fingerprint density at radius 3 is 2.47 bits per heavy atom. The molecular formula is C10H24N2O4S. The molecule has 0 saturated heterocycles. The third kappa shape index (κ3) is 9.49. The first-order valence-corrected chi connectivity index (χ1v) is 7.26. The largest absolute Gasteiger partial charge is 0.387 e. The van der Waals surface area contributed by atoms with E-state index in [4.69, 9.17) is 4.74 Å². The second-order valence-electron chi connectivity index (χ2n) is 4.57. The van der Waals surface area contributed by atoms with Crippen LogP contribution in [-0.4, -0.2) is 70.2 Å². The highest BCUT2D eigenvalue weighted by atomic mass is 32.2. The molecule has 17 heavy (non-hydrogen) atoms. The first-order chi connectivity index (χ1) is 7.68. The summed E-state index contributed by atoms with van der Waals surface area (Å²) in [7, 11) is 0.259. The SMILES string of the molecule is CCOCCS(=O)(=O)NCC(C)(O)CN(C)C. The second-order valence-corrected chi connectivity index (χ2v) is 6.50. The van der Waals surface area contributed by atoms with Crippen LogP contribution in [0.5, 0.6) is 0 Å². The molecule has 1 unspecified atom stereocenters. The van der Waals surface area contributed by atoms with Crippen LogP contribution in [0.4, 0.5) is 0 Å². The lowest BCUT2D eigenvalue weighted by atomic mass is 10.1. The van der Waals surface area contributed by atoms with E-state index in [0.717, 1.165) is 0 Å². The van der Waals surface area contributed by atoms with Gasteiger partial charge >= 0.3 is 0 Å². The molecule has 0 saturated carbocycles. The zero-order valence-corrected chi connectivity index (χ0v) is 11.9. The van der Waals surface area contributed by atoms with Gasteiger partial charge in [0.2, 0.25) is 10.0 Å². The molecule has 6 nitrogen and oxygen atoms in total. The van der Waals surface area contributed by atoms with Gasteiger partial charge in [0.1, 0.15) is 0 Å². The predicted molar refractivity (Wildman–Crippen MR) is 67.5 cm³/mol. The molecule has 0 amide bonds. The van der Waals surface area contributed by atoms with E-state index in [9.17, 15) is 13.5 Å². The highest BCUT2D eigenvalue weighted by molar-refractivity contribution is 7.89. The maximum absolute atomic E-state index is 11.5. The van der Waals surface area contributed by atoms with Crippen LogP contribution < -0.4 is 4.72 Å². The molecule has 7 heteroatoms. The summed E-state index contributed by atoms with van der Waals surface area (Å²) in [6.45, 7) is 4.45. The van der Waals surface area contributed by atoms with Crippen molar-refractivity contribution >= 4 is 10.0 Å². The minimum atomic E-state index is -3.38. The van der Waals surface area contributed by atoms with Crippen LogP contribution in [0.2, 0.25) is 0 Å². The van der Waals surface area contributed by atoms with Gasteiger partial charge in [0.25, 0.3) is 0 Å². The fourth-order valence-electron chi connectivity index (χ4n) is 1.39. The summed E-state index contributed by atoms with van der Waals surface area (Å²) >= 11 is 0. The molecule has 104 valence electrons. The van der Waals surface area contributed by atoms with Crippen LogP contribution in [0, 0.1) is 0 Å². The molecule has 0 bridgehead atoms. The number of nitrogens with zero attached hydrogens (tertiary/aromatic N) is 1. The van der Waals surface area contributed by atoms with Crippen molar-refractivity contribution in [2.45, 2.75) is 19.4 Å². The Hall–Kier alpha value is -0.210. The summed E-state index contributed by atoms with van der Waals surface area (Å²) in [5, 5.41) is 9.92. The molecule has 0 aromatic rings. The van der Waals surface area contributed by atoms with E-state index in [2.05, 4.69) is 4.72 Å². The van der Waals surface area contributed by atoms with Crippen LogP contribution in [0.1, 0.15) is 13.8 Å². The second kappa shape index (κ2) is 7.27. The Kier molecular flexibility index (Phi) is 7.18. The molecule has 1 atom stereocenters. The van der Waals surface area contributed by atoms with Gasteiger partial charge in [0, 0.05) is 19.7 Å². The van der Waals surface area contributed by atoms with Gasteiger partial charge in [-0.2, -0.15) is 0 Å². The maximum atomic E-state index is 11.5. The molecular weight excluding hydrogens is 244 g/mol. The summed E-state index contributed by atoms with van der Waals surface area (Å²) in [6, 6.07) is 0. The molecule has 0 radical (unpaired) electrons. The Bertz CT molecular complexity index is 301. The molecule has 2 N–H and O–H groups in total.